The van der Waals surface area contributed by atoms with Gasteiger partial charge in [-0.05, 0) is 31.0 Å². The van der Waals surface area contributed by atoms with Crippen molar-refractivity contribution in [3.63, 3.8) is 0 Å². The van der Waals surface area contributed by atoms with E-state index in [-0.39, 0.29) is 12.1 Å². The van der Waals surface area contributed by atoms with E-state index in [1.54, 1.807) is 12.1 Å². The third-order valence-electron chi connectivity index (χ3n) is 4.60. The van der Waals surface area contributed by atoms with Crippen molar-refractivity contribution in [1.29, 1.82) is 0 Å². The van der Waals surface area contributed by atoms with Gasteiger partial charge in [-0.25, -0.2) is 9.80 Å². The Morgan fingerprint density at radius 3 is 2.69 bits per heavy atom. The fourth-order valence-electron chi connectivity index (χ4n) is 3.10. The molecule has 5 nitrogen and oxygen atoms in total. The number of hydrogen-bond donors (Lipinski definition) is 1. The van der Waals surface area contributed by atoms with Crippen LogP contribution in [-0.4, -0.2) is 30.4 Å². The Labute approximate surface area is 154 Å². The van der Waals surface area contributed by atoms with Gasteiger partial charge in [0, 0.05) is 17.7 Å². The highest BCUT2D eigenvalue weighted by atomic mass is 16.5. The minimum atomic E-state index is -0.166. The number of benzene rings is 2. The molecule has 0 bridgehead atoms. The first-order chi connectivity index (χ1) is 12.7. The lowest BCUT2D eigenvalue weighted by atomic mass is 9.92. The van der Waals surface area contributed by atoms with Gasteiger partial charge in [0.05, 0.1) is 18.9 Å². The first-order valence-corrected chi connectivity index (χ1v) is 9.05. The number of methoxy groups -OCH3 is 1. The van der Waals surface area contributed by atoms with Crippen LogP contribution in [0.5, 0.6) is 5.75 Å². The molecule has 0 aliphatic carbocycles. The normalized spacial score (nSPS) is 15.9. The van der Waals surface area contributed by atoms with E-state index in [0.717, 1.165) is 41.0 Å². The standard InChI is InChI=1S/C21H25N3O2/c1-4-5-13-22-21(25)24-15(2)18-12-11-17(26-3)14-19(18)20(23-24)16-9-7-6-8-10-16/h6-12,14-15H,4-5,13H2,1-3H3,(H,22,25). The second-order valence-corrected chi connectivity index (χ2v) is 6.37. The average molecular weight is 351 g/mol. The topological polar surface area (TPSA) is 53.9 Å². The van der Waals surface area contributed by atoms with Gasteiger partial charge < -0.3 is 10.1 Å². The summed E-state index contributed by atoms with van der Waals surface area (Å²) in [5, 5.41) is 9.22. The first kappa shape index (κ1) is 18.0. The summed E-state index contributed by atoms with van der Waals surface area (Å²) < 4.78 is 5.39. The number of nitrogens with zero attached hydrogens (tertiary/aromatic N) is 2. The third kappa shape index (κ3) is 3.57. The maximum Gasteiger partial charge on any atom is 0.338 e. The first-order valence-electron chi connectivity index (χ1n) is 9.05. The van der Waals surface area contributed by atoms with Crippen molar-refractivity contribution in [2.75, 3.05) is 13.7 Å². The number of carbonyl (C=O) groups is 1. The Morgan fingerprint density at radius 2 is 2.00 bits per heavy atom. The Kier molecular flexibility index (Phi) is 5.56. The lowest BCUT2D eigenvalue weighted by Crippen LogP contribution is -2.41. The molecule has 0 saturated carbocycles. The number of unbranched alkanes of at least 4 members (excludes halogenated alkanes) is 1. The molecular formula is C21H25N3O2. The lowest BCUT2D eigenvalue weighted by molar-refractivity contribution is 0.180. The highest BCUT2D eigenvalue weighted by molar-refractivity contribution is 6.14. The van der Waals surface area contributed by atoms with Crippen LogP contribution >= 0.6 is 0 Å². The summed E-state index contributed by atoms with van der Waals surface area (Å²) in [6.07, 6.45) is 1.99. The molecule has 2 aromatic carbocycles. The highest BCUT2D eigenvalue weighted by Gasteiger charge is 2.30. The predicted octanol–water partition coefficient (Wildman–Crippen LogP) is 4.33. The summed E-state index contributed by atoms with van der Waals surface area (Å²) in [5.74, 6) is 0.778. The van der Waals surface area contributed by atoms with E-state index < -0.39 is 0 Å². The minimum Gasteiger partial charge on any atom is -0.497 e. The molecule has 0 saturated heterocycles. The van der Waals surface area contributed by atoms with Crippen molar-refractivity contribution in [2.45, 2.75) is 32.7 Å². The summed E-state index contributed by atoms with van der Waals surface area (Å²) >= 11 is 0. The van der Waals surface area contributed by atoms with Gasteiger partial charge in [-0.15, -0.1) is 0 Å². The Morgan fingerprint density at radius 1 is 1.23 bits per heavy atom. The van der Waals surface area contributed by atoms with Gasteiger partial charge >= 0.3 is 6.03 Å². The van der Waals surface area contributed by atoms with Crippen molar-refractivity contribution in [3.05, 3.63) is 65.2 Å². The molecule has 136 valence electrons. The van der Waals surface area contributed by atoms with Gasteiger partial charge in [0.25, 0.3) is 0 Å². The van der Waals surface area contributed by atoms with Crippen molar-refractivity contribution in [1.82, 2.24) is 10.3 Å². The Bertz CT molecular complexity index is 802. The average Bonchev–Trinajstić information content (AvgIpc) is 2.68. The van der Waals surface area contributed by atoms with Gasteiger partial charge in [0.2, 0.25) is 0 Å². The quantitative estimate of drug-likeness (QED) is 0.815. The molecule has 0 aromatic heterocycles. The lowest BCUT2D eigenvalue weighted by Gasteiger charge is -2.32. The molecule has 2 amide bonds. The molecule has 2 aromatic rings. The van der Waals surface area contributed by atoms with E-state index in [4.69, 9.17) is 9.84 Å². The number of carbonyl (C=O) groups excluding carboxylic acids is 1. The molecule has 0 fully saturated rings. The van der Waals surface area contributed by atoms with Crippen LogP contribution < -0.4 is 10.1 Å². The number of hydrazone groups is 1. The van der Waals surface area contributed by atoms with Gasteiger partial charge in [-0.3, -0.25) is 0 Å². The fourth-order valence-corrected chi connectivity index (χ4v) is 3.10. The summed E-state index contributed by atoms with van der Waals surface area (Å²) in [6, 6.07) is 15.5. The summed E-state index contributed by atoms with van der Waals surface area (Å²) in [7, 11) is 1.65. The van der Waals surface area contributed by atoms with Crippen molar-refractivity contribution >= 4 is 11.7 Å². The molecule has 26 heavy (non-hydrogen) atoms. The van der Waals surface area contributed by atoms with Crippen LogP contribution in [0.1, 0.15) is 49.4 Å². The summed E-state index contributed by atoms with van der Waals surface area (Å²) in [6.45, 7) is 4.76. The number of urea groups is 1. The van der Waals surface area contributed by atoms with E-state index in [1.165, 1.54) is 0 Å². The third-order valence-corrected chi connectivity index (χ3v) is 4.60. The van der Waals surface area contributed by atoms with Crippen LogP contribution in [0.4, 0.5) is 4.79 Å². The Balaban J connectivity index is 2.03. The molecular weight excluding hydrogens is 326 g/mol. The Hall–Kier alpha value is -2.82. The molecule has 1 N–H and O–H groups in total. The van der Waals surface area contributed by atoms with Gasteiger partial charge in [0.15, 0.2) is 0 Å². The van der Waals surface area contributed by atoms with Crippen molar-refractivity contribution in [2.24, 2.45) is 5.10 Å². The maximum absolute atomic E-state index is 12.7. The van der Waals surface area contributed by atoms with Crippen LogP contribution in [0.15, 0.2) is 53.6 Å². The van der Waals surface area contributed by atoms with Crippen LogP contribution in [0, 0.1) is 0 Å². The van der Waals surface area contributed by atoms with Crippen LogP contribution in [0.25, 0.3) is 0 Å². The molecule has 1 aliphatic heterocycles. The number of nitrogens with one attached hydrogen (secondary N) is 1. The fraction of sp³-hybridized carbons (Fsp3) is 0.333. The second-order valence-electron chi connectivity index (χ2n) is 6.37. The molecule has 3 rings (SSSR count). The molecule has 1 atom stereocenters. The van der Waals surface area contributed by atoms with Gasteiger partial charge in [-0.2, -0.15) is 5.10 Å². The zero-order valence-corrected chi connectivity index (χ0v) is 15.5. The van der Waals surface area contributed by atoms with Gasteiger partial charge in [0.1, 0.15) is 5.75 Å². The molecule has 1 unspecified atom stereocenters. The van der Waals surface area contributed by atoms with Gasteiger partial charge in [-0.1, -0.05) is 49.7 Å². The van der Waals surface area contributed by atoms with Crippen LogP contribution in [0.3, 0.4) is 0 Å². The molecule has 1 aliphatic rings. The second kappa shape index (κ2) is 8.04. The monoisotopic (exact) mass is 351 g/mol. The van der Waals surface area contributed by atoms with E-state index >= 15 is 0 Å². The number of fused-ring (bicyclic) bond motifs is 1. The number of amides is 2. The largest absolute Gasteiger partial charge is 0.497 e. The number of ether oxygens (including phenoxy) is 1. The van der Waals surface area contributed by atoms with Crippen molar-refractivity contribution < 1.29 is 9.53 Å². The molecule has 0 spiro atoms. The SMILES string of the molecule is CCCCNC(=O)N1N=C(c2ccccc2)c2cc(OC)ccc2C1C. The summed E-state index contributed by atoms with van der Waals surface area (Å²) in [5.41, 5.74) is 3.81. The smallest absolute Gasteiger partial charge is 0.338 e. The molecule has 1 heterocycles. The van der Waals surface area contributed by atoms with Crippen molar-refractivity contribution in [3.8, 4) is 5.75 Å². The van der Waals surface area contributed by atoms with E-state index in [9.17, 15) is 4.79 Å². The van der Waals surface area contributed by atoms with E-state index in [0.29, 0.717) is 6.54 Å². The maximum atomic E-state index is 12.7. The van der Waals surface area contributed by atoms with Crippen LogP contribution in [-0.2, 0) is 0 Å². The van der Waals surface area contributed by atoms with E-state index in [1.807, 2.05) is 55.5 Å². The molecule has 0 radical (unpaired) electrons. The summed E-state index contributed by atoms with van der Waals surface area (Å²) in [4.78, 5) is 12.7. The van der Waals surface area contributed by atoms with Crippen LogP contribution in [0.2, 0.25) is 0 Å². The zero-order valence-electron chi connectivity index (χ0n) is 15.5. The zero-order chi connectivity index (χ0) is 18.5. The molecule has 5 heteroatoms. The number of hydrogen-bond acceptors (Lipinski definition) is 3. The highest BCUT2D eigenvalue weighted by Crippen LogP contribution is 2.33. The minimum absolute atomic E-state index is 0.148. The predicted molar refractivity (Wildman–Crippen MR) is 104 cm³/mol. The van der Waals surface area contributed by atoms with E-state index in [2.05, 4.69) is 12.2 Å². The number of rotatable bonds is 5.